The Morgan fingerprint density at radius 2 is 1.86 bits per heavy atom. The maximum Gasteiger partial charge on any atom is 0.251 e. The summed E-state index contributed by atoms with van der Waals surface area (Å²) in [5.74, 6) is -0.293. The average molecular weight is 306 g/mol. The molecule has 2 amide bonds. The van der Waals surface area contributed by atoms with Gasteiger partial charge >= 0.3 is 0 Å². The molecule has 0 aliphatic rings. The summed E-state index contributed by atoms with van der Waals surface area (Å²) in [7, 11) is 0. The Morgan fingerprint density at radius 1 is 1.18 bits per heavy atom. The minimum absolute atomic E-state index is 0.0210. The maximum absolute atomic E-state index is 12.2. The van der Waals surface area contributed by atoms with Crippen LogP contribution in [0.2, 0.25) is 0 Å². The van der Waals surface area contributed by atoms with E-state index in [4.69, 9.17) is 5.11 Å². The van der Waals surface area contributed by atoms with Crippen LogP contribution < -0.4 is 10.6 Å². The van der Waals surface area contributed by atoms with Crippen molar-refractivity contribution < 1.29 is 14.7 Å². The highest BCUT2D eigenvalue weighted by Gasteiger charge is 2.21. The van der Waals surface area contributed by atoms with Gasteiger partial charge in [-0.1, -0.05) is 31.5 Å². The Labute approximate surface area is 132 Å². The fourth-order valence-corrected chi connectivity index (χ4v) is 2.15. The van der Waals surface area contributed by atoms with E-state index in [0.29, 0.717) is 12.0 Å². The van der Waals surface area contributed by atoms with E-state index in [-0.39, 0.29) is 30.4 Å². The zero-order valence-electron chi connectivity index (χ0n) is 13.7. The van der Waals surface area contributed by atoms with Crippen molar-refractivity contribution in [3.8, 4) is 0 Å². The van der Waals surface area contributed by atoms with Gasteiger partial charge in [0.15, 0.2) is 0 Å². The van der Waals surface area contributed by atoms with Crippen LogP contribution in [0.25, 0.3) is 0 Å². The topological polar surface area (TPSA) is 78.4 Å². The van der Waals surface area contributed by atoms with Crippen LogP contribution in [0.1, 0.15) is 43.1 Å². The second kappa shape index (κ2) is 8.54. The predicted octanol–water partition coefficient (Wildman–Crippen LogP) is 1.64. The van der Waals surface area contributed by atoms with Gasteiger partial charge in [0, 0.05) is 18.2 Å². The van der Waals surface area contributed by atoms with Crippen LogP contribution in [0.3, 0.4) is 0 Å². The van der Waals surface area contributed by atoms with Crippen LogP contribution in [0.15, 0.2) is 24.3 Å². The second-order valence-corrected chi connectivity index (χ2v) is 5.94. The molecule has 1 aromatic carbocycles. The summed E-state index contributed by atoms with van der Waals surface area (Å²) in [4.78, 5) is 24.3. The predicted molar refractivity (Wildman–Crippen MR) is 86.6 cm³/mol. The molecule has 0 aromatic heterocycles. The van der Waals surface area contributed by atoms with Gasteiger partial charge in [-0.25, -0.2) is 0 Å². The molecule has 5 nitrogen and oxygen atoms in total. The van der Waals surface area contributed by atoms with Gasteiger partial charge in [0.25, 0.3) is 5.91 Å². The third-order valence-electron chi connectivity index (χ3n) is 3.59. The number of aliphatic hydroxyl groups excluding tert-OH is 1. The van der Waals surface area contributed by atoms with Gasteiger partial charge in [-0.15, -0.1) is 0 Å². The normalized spacial score (nSPS) is 13.5. The molecular formula is C17H26N2O3. The van der Waals surface area contributed by atoms with Crippen molar-refractivity contribution in [1.29, 1.82) is 0 Å². The number of rotatable bonds is 7. The van der Waals surface area contributed by atoms with Crippen molar-refractivity contribution in [2.45, 2.75) is 46.2 Å². The molecule has 0 radical (unpaired) electrons. The van der Waals surface area contributed by atoms with Crippen molar-refractivity contribution in [2.24, 2.45) is 5.92 Å². The first kappa shape index (κ1) is 18.2. The molecule has 22 heavy (non-hydrogen) atoms. The number of benzene rings is 1. The zero-order valence-corrected chi connectivity index (χ0v) is 13.7. The summed E-state index contributed by atoms with van der Waals surface area (Å²) in [6, 6.07) is 6.49. The first-order valence-electron chi connectivity index (χ1n) is 7.64. The van der Waals surface area contributed by atoms with Crippen molar-refractivity contribution >= 4 is 11.8 Å². The van der Waals surface area contributed by atoms with Gasteiger partial charge in [-0.2, -0.15) is 0 Å². The molecule has 5 heteroatoms. The van der Waals surface area contributed by atoms with E-state index in [1.54, 1.807) is 19.1 Å². The van der Waals surface area contributed by atoms with Gasteiger partial charge in [0.1, 0.15) is 6.04 Å². The Kier molecular flexibility index (Phi) is 7.05. The summed E-state index contributed by atoms with van der Waals surface area (Å²) >= 11 is 0. The molecule has 2 unspecified atom stereocenters. The van der Waals surface area contributed by atoms with E-state index in [1.807, 2.05) is 32.9 Å². The molecule has 0 saturated heterocycles. The molecule has 0 aliphatic carbocycles. The Balaban J connectivity index is 2.61. The fraction of sp³-hybridized carbons (Fsp3) is 0.529. The molecule has 1 aromatic rings. The lowest BCUT2D eigenvalue weighted by Gasteiger charge is -2.24. The standard InChI is InChI=1S/C17H26N2O3/c1-11(2)15(8-9-20)19-16(21)13(4)18-17(22)14-7-5-6-12(3)10-14/h5-7,10-11,13,15,20H,8-9H2,1-4H3,(H,18,22)(H,19,21). The Morgan fingerprint density at radius 3 is 2.41 bits per heavy atom. The molecule has 0 heterocycles. The number of aliphatic hydroxyl groups is 1. The molecule has 2 atom stereocenters. The SMILES string of the molecule is Cc1cccc(C(=O)NC(C)C(=O)NC(CCO)C(C)C)c1. The summed E-state index contributed by atoms with van der Waals surface area (Å²) in [5.41, 5.74) is 1.53. The highest BCUT2D eigenvalue weighted by molar-refractivity contribution is 5.97. The molecular weight excluding hydrogens is 280 g/mol. The molecule has 3 N–H and O–H groups in total. The van der Waals surface area contributed by atoms with Crippen molar-refractivity contribution in [2.75, 3.05) is 6.61 Å². The van der Waals surface area contributed by atoms with Gasteiger partial charge in [-0.05, 0) is 38.3 Å². The van der Waals surface area contributed by atoms with Crippen LogP contribution in [-0.2, 0) is 4.79 Å². The van der Waals surface area contributed by atoms with Crippen LogP contribution in [0.4, 0.5) is 0 Å². The molecule has 0 bridgehead atoms. The maximum atomic E-state index is 12.2. The van der Waals surface area contributed by atoms with E-state index in [2.05, 4.69) is 10.6 Å². The molecule has 0 saturated carbocycles. The zero-order chi connectivity index (χ0) is 16.7. The number of aryl methyl sites for hydroxylation is 1. The third kappa shape index (κ3) is 5.48. The Bertz CT molecular complexity index is 514. The van der Waals surface area contributed by atoms with E-state index in [9.17, 15) is 9.59 Å². The summed E-state index contributed by atoms with van der Waals surface area (Å²) in [6.45, 7) is 7.55. The number of hydrogen-bond donors (Lipinski definition) is 3. The fourth-order valence-electron chi connectivity index (χ4n) is 2.15. The first-order valence-corrected chi connectivity index (χ1v) is 7.64. The quantitative estimate of drug-likeness (QED) is 0.716. The lowest BCUT2D eigenvalue weighted by Crippen LogP contribution is -2.49. The molecule has 0 fully saturated rings. The minimum Gasteiger partial charge on any atom is -0.396 e. The van der Waals surface area contributed by atoms with Crippen molar-refractivity contribution in [1.82, 2.24) is 10.6 Å². The lowest BCUT2D eigenvalue weighted by molar-refractivity contribution is -0.123. The number of nitrogens with one attached hydrogen (secondary N) is 2. The first-order chi connectivity index (χ1) is 10.3. The Hall–Kier alpha value is -1.88. The van der Waals surface area contributed by atoms with Crippen molar-refractivity contribution in [3.05, 3.63) is 35.4 Å². The summed E-state index contributed by atoms with van der Waals surface area (Å²) < 4.78 is 0. The van der Waals surface area contributed by atoms with Crippen LogP contribution in [0, 0.1) is 12.8 Å². The average Bonchev–Trinajstić information content (AvgIpc) is 2.46. The van der Waals surface area contributed by atoms with Gasteiger partial charge in [0.2, 0.25) is 5.91 Å². The number of carbonyl (C=O) groups is 2. The highest BCUT2D eigenvalue weighted by Crippen LogP contribution is 2.07. The molecule has 0 spiro atoms. The molecule has 1 rings (SSSR count). The minimum atomic E-state index is -0.632. The molecule has 0 aliphatic heterocycles. The van der Waals surface area contributed by atoms with E-state index >= 15 is 0 Å². The summed E-state index contributed by atoms with van der Waals surface area (Å²) in [6.07, 6.45) is 0.502. The van der Waals surface area contributed by atoms with E-state index in [0.717, 1.165) is 5.56 Å². The van der Waals surface area contributed by atoms with E-state index in [1.165, 1.54) is 0 Å². The number of hydrogen-bond acceptors (Lipinski definition) is 3. The van der Waals surface area contributed by atoms with Crippen LogP contribution in [0.5, 0.6) is 0 Å². The monoisotopic (exact) mass is 306 g/mol. The number of amides is 2. The smallest absolute Gasteiger partial charge is 0.251 e. The lowest BCUT2D eigenvalue weighted by atomic mass is 10.0. The third-order valence-corrected chi connectivity index (χ3v) is 3.59. The molecule has 122 valence electrons. The van der Waals surface area contributed by atoms with Gasteiger partial charge in [-0.3, -0.25) is 9.59 Å². The van der Waals surface area contributed by atoms with E-state index < -0.39 is 6.04 Å². The van der Waals surface area contributed by atoms with Crippen LogP contribution in [-0.4, -0.2) is 35.6 Å². The largest absolute Gasteiger partial charge is 0.396 e. The second-order valence-electron chi connectivity index (χ2n) is 5.94. The summed E-state index contributed by atoms with van der Waals surface area (Å²) in [5, 5.41) is 14.6. The van der Waals surface area contributed by atoms with Crippen molar-refractivity contribution in [3.63, 3.8) is 0 Å². The number of carbonyl (C=O) groups excluding carboxylic acids is 2. The highest BCUT2D eigenvalue weighted by atomic mass is 16.3. The van der Waals surface area contributed by atoms with Gasteiger partial charge < -0.3 is 15.7 Å². The van der Waals surface area contributed by atoms with Gasteiger partial charge in [0.05, 0.1) is 0 Å². The van der Waals surface area contributed by atoms with Crippen LogP contribution >= 0.6 is 0 Å².